The summed E-state index contributed by atoms with van der Waals surface area (Å²) in [7, 11) is -2.50. The average Bonchev–Trinajstić information content (AvgIpc) is 3.13. The van der Waals surface area contributed by atoms with Crippen LogP contribution in [0.2, 0.25) is 0 Å². The van der Waals surface area contributed by atoms with Crippen molar-refractivity contribution in [2.45, 2.75) is 64.3 Å². The number of sulfonamides is 1. The van der Waals surface area contributed by atoms with Crippen molar-refractivity contribution in [1.29, 1.82) is 0 Å². The Morgan fingerprint density at radius 1 is 1.18 bits per heavy atom. The molecule has 0 bridgehead atoms. The minimum absolute atomic E-state index is 0.0428. The fourth-order valence-corrected chi connectivity index (χ4v) is 6.28. The Hall–Kier alpha value is -3.41. The molecular formula is C26H35N7O4S. The minimum atomic E-state index is -4.13. The van der Waals surface area contributed by atoms with Gasteiger partial charge in [-0.3, -0.25) is 9.48 Å². The molecular weight excluding hydrogens is 506 g/mol. The summed E-state index contributed by atoms with van der Waals surface area (Å²) in [6.07, 6.45) is 6.36. The number of carbonyl (C=O) groups is 1. The lowest BCUT2D eigenvalue weighted by Crippen LogP contribution is -2.41. The quantitative estimate of drug-likeness (QED) is 0.461. The van der Waals surface area contributed by atoms with Crippen molar-refractivity contribution in [3.63, 3.8) is 0 Å². The molecule has 1 aliphatic heterocycles. The third-order valence-electron chi connectivity index (χ3n) is 7.39. The molecule has 1 unspecified atom stereocenters. The van der Waals surface area contributed by atoms with E-state index in [4.69, 9.17) is 9.72 Å². The van der Waals surface area contributed by atoms with Crippen molar-refractivity contribution in [2.24, 2.45) is 18.4 Å². The lowest BCUT2D eigenvalue weighted by Gasteiger charge is -2.34. The molecule has 0 radical (unpaired) electrons. The Labute approximate surface area is 223 Å². The lowest BCUT2D eigenvalue weighted by atomic mass is 9.97. The highest BCUT2D eigenvalue weighted by atomic mass is 32.2. The van der Waals surface area contributed by atoms with Crippen molar-refractivity contribution >= 4 is 21.7 Å². The standard InChI is InChI=1S/C26H35N7O4S/c1-17-13-25(3,4)32(14-17)23-19(24(34)30-38(35,36)20-15-31(6)28-18(20)2)7-8-21(27-23)33-12-9-22(29-33)37-16-26(5)10-11-26/h7-9,12,15,17H,10-11,13-14,16H2,1-6H3,(H,30,34). The molecule has 5 rings (SSSR count). The highest BCUT2D eigenvalue weighted by molar-refractivity contribution is 7.90. The number of rotatable bonds is 8. The van der Waals surface area contributed by atoms with Crippen LogP contribution in [-0.4, -0.2) is 57.6 Å². The average molecular weight is 542 g/mol. The van der Waals surface area contributed by atoms with E-state index in [0.29, 0.717) is 42.3 Å². The van der Waals surface area contributed by atoms with Gasteiger partial charge in [-0.2, -0.15) is 5.10 Å². The number of pyridine rings is 1. The van der Waals surface area contributed by atoms with Crippen LogP contribution in [0.3, 0.4) is 0 Å². The first-order valence-electron chi connectivity index (χ1n) is 12.8. The third kappa shape index (κ3) is 5.13. The molecule has 4 heterocycles. The number of aryl methyl sites for hydroxylation is 2. The number of hydrogen-bond acceptors (Lipinski definition) is 8. The molecule has 1 amide bonds. The molecule has 0 spiro atoms. The molecule has 11 nitrogen and oxygen atoms in total. The monoisotopic (exact) mass is 541 g/mol. The SMILES string of the molecule is Cc1nn(C)cc1S(=O)(=O)NC(=O)c1ccc(-n2ccc(OCC3(C)CC3)n2)nc1N1CC(C)CC1(C)C. The smallest absolute Gasteiger partial charge is 0.268 e. The van der Waals surface area contributed by atoms with E-state index in [0.717, 1.165) is 19.3 Å². The van der Waals surface area contributed by atoms with Crippen molar-refractivity contribution in [2.75, 3.05) is 18.1 Å². The molecule has 1 aliphatic carbocycles. The molecule has 1 atom stereocenters. The zero-order chi connectivity index (χ0) is 27.5. The van der Waals surface area contributed by atoms with Crippen molar-refractivity contribution in [3.05, 3.63) is 41.9 Å². The molecule has 204 valence electrons. The van der Waals surface area contributed by atoms with Crippen LogP contribution in [0.15, 0.2) is 35.5 Å². The molecule has 38 heavy (non-hydrogen) atoms. The second-order valence-corrected chi connectivity index (χ2v) is 13.3. The van der Waals surface area contributed by atoms with E-state index in [-0.39, 0.29) is 21.4 Å². The van der Waals surface area contributed by atoms with Gasteiger partial charge in [0.2, 0.25) is 5.88 Å². The molecule has 12 heteroatoms. The van der Waals surface area contributed by atoms with Crippen LogP contribution in [0.1, 0.15) is 63.0 Å². The van der Waals surface area contributed by atoms with Gasteiger partial charge in [0, 0.05) is 43.0 Å². The van der Waals surface area contributed by atoms with E-state index < -0.39 is 15.9 Å². The largest absolute Gasteiger partial charge is 0.476 e. The van der Waals surface area contributed by atoms with E-state index in [1.165, 1.54) is 10.9 Å². The number of hydrogen-bond donors (Lipinski definition) is 1. The lowest BCUT2D eigenvalue weighted by molar-refractivity contribution is 0.0981. The molecule has 3 aromatic heterocycles. The zero-order valence-corrected chi connectivity index (χ0v) is 23.5. The van der Waals surface area contributed by atoms with E-state index in [9.17, 15) is 13.2 Å². The molecule has 2 fully saturated rings. The number of ether oxygens (including phenoxy) is 1. The first-order valence-corrected chi connectivity index (χ1v) is 14.3. The van der Waals surface area contributed by atoms with Crippen LogP contribution < -0.4 is 14.4 Å². The van der Waals surface area contributed by atoms with E-state index >= 15 is 0 Å². The molecule has 3 aromatic rings. The molecule has 1 N–H and O–H groups in total. The van der Waals surface area contributed by atoms with Gasteiger partial charge in [0.15, 0.2) is 5.82 Å². The van der Waals surface area contributed by atoms with Crippen LogP contribution in [-0.2, 0) is 17.1 Å². The number of nitrogens with one attached hydrogen (secondary N) is 1. The van der Waals surface area contributed by atoms with E-state index in [1.807, 2.05) is 0 Å². The van der Waals surface area contributed by atoms with Crippen LogP contribution in [0, 0.1) is 18.3 Å². The summed E-state index contributed by atoms with van der Waals surface area (Å²) < 4.78 is 37.2. The molecule has 1 saturated heterocycles. The molecule has 1 saturated carbocycles. The van der Waals surface area contributed by atoms with Crippen molar-refractivity contribution in [1.82, 2.24) is 29.3 Å². The normalized spacial score (nSPS) is 19.9. The van der Waals surface area contributed by atoms with Gasteiger partial charge in [-0.05, 0) is 58.1 Å². The van der Waals surface area contributed by atoms with Crippen LogP contribution >= 0.6 is 0 Å². The number of carbonyl (C=O) groups excluding carboxylic acids is 1. The maximum absolute atomic E-state index is 13.4. The van der Waals surface area contributed by atoms with E-state index in [1.54, 1.807) is 43.0 Å². The highest BCUT2D eigenvalue weighted by Gasteiger charge is 2.40. The number of anilines is 1. The third-order valence-corrected chi connectivity index (χ3v) is 8.82. The predicted octanol–water partition coefficient (Wildman–Crippen LogP) is 3.23. The second kappa shape index (κ2) is 9.11. The predicted molar refractivity (Wildman–Crippen MR) is 142 cm³/mol. The van der Waals surface area contributed by atoms with Gasteiger partial charge in [0.1, 0.15) is 10.7 Å². The summed E-state index contributed by atoms with van der Waals surface area (Å²) >= 11 is 0. The summed E-state index contributed by atoms with van der Waals surface area (Å²) in [5.41, 5.74) is 0.434. The fourth-order valence-electron chi connectivity index (χ4n) is 5.10. The Morgan fingerprint density at radius 2 is 1.92 bits per heavy atom. The van der Waals surface area contributed by atoms with Gasteiger partial charge in [-0.15, -0.1) is 5.10 Å². The molecule has 2 aliphatic rings. The summed E-state index contributed by atoms with van der Waals surface area (Å²) in [4.78, 5) is 20.3. The first kappa shape index (κ1) is 26.2. The Balaban J connectivity index is 1.48. The van der Waals surface area contributed by atoms with Gasteiger partial charge in [-0.25, -0.2) is 22.8 Å². The van der Waals surface area contributed by atoms with Crippen LogP contribution in [0.4, 0.5) is 5.82 Å². The van der Waals surface area contributed by atoms with Gasteiger partial charge < -0.3 is 9.64 Å². The maximum Gasteiger partial charge on any atom is 0.268 e. The van der Waals surface area contributed by atoms with Crippen LogP contribution in [0.5, 0.6) is 5.88 Å². The Bertz CT molecular complexity index is 1490. The summed E-state index contributed by atoms with van der Waals surface area (Å²) in [6.45, 7) is 11.4. The van der Waals surface area contributed by atoms with Gasteiger partial charge >= 0.3 is 0 Å². The number of amides is 1. The van der Waals surface area contributed by atoms with Crippen LogP contribution in [0.25, 0.3) is 5.82 Å². The maximum atomic E-state index is 13.4. The number of aromatic nitrogens is 5. The second-order valence-electron chi connectivity index (χ2n) is 11.7. The van der Waals surface area contributed by atoms with Gasteiger partial charge in [0.05, 0.1) is 17.9 Å². The summed E-state index contributed by atoms with van der Waals surface area (Å²) in [6, 6.07) is 5.05. The van der Waals surface area contributed by atoms with Gasteiger partial charge in [-0.1, -0.05) is 13.8 Å². The zero-order valence-electron chi connectivity index (χ0n) is 22.7. The highest BCUT2D eigenvalue weighted by Crippen LogP contribution is 2.45. The summed E-state index contributed by atoms with van der Waals surface area (Å²) in [5, 5.41) is 8.61. The summed E-state index contributed by atoms with van der Waals surface area (Å²) in [5.74, 6) is 1.05. The fraction of sp³-hybridized carbons (Fsp3) is 0.538. The van der Waals surface area contributed by atoms with Crippen molar-refractivity contribution in [3.8, 4) is 11.7 Å². The minimum Gasteiger partial charge on any atom is -0.476 e. The van der Waals surface area contributed by atoms with Crippen molar-refractivity contribution < 1.29 is 17.9 Å². The number of nitrogens with zero attached hydrogens (tertiary/aromatic N) is 6. The van der Waals surface area contributed by atoms with E-state index in [2.05, 4.69) is 47.5 Å². The topological polar surface area (TPSA) is 124 Å². The molecule has 0 aromatic carbocycles. The Morgan fingerprint density at radius 3 is 2.53 bits per heavy atom. The Kier molecular flexibility index (Phi) is 6.28. The first-order chi connectivity index (χ1) is 17.8. The van der Waals surface area contributed by atoms with Gasteiger partial charge in [0.25, 0.3) is 15.9 Å².